The van der Waals surface area contributed by atoms with Gasteiger partial charge >= 0.3 is 0 Å². The lowest BCUT2D eigenvalue weighted by molar-refractivity contribution is 0.484. The van der Waals surface area contributed by atoms with Gasteiger partial charge in [-0.25, -0.2) is 9.97 Å². The molecule has 4 aromatic heterocycles. The number of pyridine rings is 2. The normalized spacial score (nSPS) is 13.4. The highest BCUT2D eigenvalue weighted by Crippen LogP contribution is 2.43. The lowest BCUT2D eigenvalue weighted by atomic mass is 10.1. The maximum Gasteiger partial charge on any atom is 0.184 e. The van der Waals surface area contributed by atoms with Gasteiger partial charge in [0, 0.05) is 51.9 Å². The van der Waals surface area contributed by atoms with Crippen molar-refractivity contribution in [2.75, 3.05) is 4.90 Å². The Morgan fingerprint density at radius 1 is 0.474 bits per heavy atom. The summed E-state index contributed by atoms with van der Waals surface area (Å²) in [6.07, 6.45) is 5.75. The van der Waals surface area contributed by atoms with E-state index in [9.17, 15) is 0 Å². The molecular formula is C50H32N4O2Si. The Hall–Kier alpha value is -7.48. The summed E-state index contributed by atoms with van der Waals surface area (Å²) in [7, 11) is -3.01. The first-order valence-electron chi connectivity index (χ1n) is 19.1. The molecule has 12 rings (SSSR count). The number of rotatable bonds is 5. The van der Waals surface area contributed by atoms with Crippen LogP contribution in [0.4, 0.5) is 17.2 Å². The molecule has 57 heavy (non-hydrogen) atoms. The van der Waals surface area contributed by atoms with Crippen LogP contribution in [-0.2, 0) is 0 Å². The first-order chi connectivity index (χ1) is 28.3. The van der Waals surface area contributed by atoms with Crippen LogP contribution in [0.1, 0.15) is 0 Å². The van der Waals surface area contributed by atoms with Gasteiger partial charge in [-0.05, 0) is 86.8 Å². The quantitative estimate of drug-likeness (QED) is 0.130. The Balaban J connectivity index is 1.13. The maximum atomic E-state index is 6.87. The van der Waals surface area contributed by atoms with Crippen LogP contribution < -0.4 is 30.4 Å². The molecule has 7 heteroatoms. The van der Waals surface area contributed by atoms with Crippen molar-refractivity contribution >= 4 is 95.3 Å². The Labute approximate surface area is 328 Å². The largest absolute Gasteiger partial charge is 0.457 e. The number of fused-ring (bicyclic) bond motifs is 11. The standard InChI is InChI=1S/C50H32N4O2Si/c1-3-13-35(14-4-1)57(36-15-5-2-6-16-36)47-25-23-34(55-33-22-24-37-38-17-7-9-19-42(38)53-28-27-52-50(53)41(37)29-33)30-43(47)54(49-21-11-12-26-51-49)44-31-40-39-18-8-10-20-45(39)56-46(40)32-48(44)57/h1-32H. The van der Waals surface area contributed by atoms with E-state index < -0.39 is 8.07 Å². The summed E-state index contributed by atoms with van der Waals surface area (Å²) >= 11 is 0. The van der Waals surface area contributed by atoms with Crippen molar-refractivity contribution in [1.82, 2.24) is 14.4 Å². The molecule has 0 spiro atoms. The predicted molar refractivity (Wildman–Crippen MR) is 234 cm³/mol. The van der Waals surface area contributed by atoms with Gasteiger partial charge in [-0.15, -0.1) is 0 Å². The molecule has 0 fully saturated rings. The van der Waals surface area contributed by atoms with Crippen LogP contribution in [0.25, 0.3) is 49.3 Å². The highest BCUT2D eigenvalue weighted by atomic mass is 28.3. The number of para-hydroxylation sites is 2. The molecule has 6 nitrogen and oxygen atoms in total. The van der Waals surface area contributed by atoms with E-state index in [-0.39, 0.29) is 0 Å². The highest BCUT2D eigenvalue weighted by Gasteiger charge is 2.49. The summed E-state index contributed by atoms with van der Waals surface area (Å²) in [6.45, 7) is 0. The second kappa shape index (κ2) is 12.3. The number of anilines is 3. The van der Waals surface area contributed by atoms with Crippen LogP contribution in [-0.4, -0.2) is 22.4 Å². The van der Waals surface area contributed by atoms with E-state index in [1.807, 2.05) is 30.7 Å². The number of furan rings is 1. The van der Waals surface area contributed by atoms with Crippen molar-refractivity contribution in [2.24, 2.45) is 0 Å². The molecular weight excluding hydrogens is 717 g/mol. The summed E-state index contributed by atoms with van der Waals surface area (Å²) in [6, 6.07) is 62.5. The van der Waals surface area contributed by atoms with E-state index in [1.165, 1.54) is 26.1 Å². The van der Waals surface area contributed by atoms with Crippen LogP contribution in [0.5, 0.6) is 11.5 Å². The first-order valence-corrected chi connectivity index (χ1v) is 21.1. The van der Waals surface area contributed by atoms with Gasteiger partial charge in [0.05, 0.1) is 11.2 Å². The molecule has 0 amide bonds. The molecule has 5 heterocycles. The Morgan fingerprint density at radius 2 is 1.18 bits per heavy atom. The molecule has 1 aliphatic rings. The van der Waals surface area contributed by atoms with E-state index in [1.54, 1.807) is 0 Å². The molecule has 0 saturated heterocycles. The molecule has 0 saturated carbocycles. The van der Waals surface area contributed by atoms with Crippen LogP contribution in [0.3, 0.4) is 0 Å². The minimum absolute atomic E-state index is 0.733. The van der Waals surface area contributed by atoms with Crippen LogP contribution in [0.2, 0.25) is 0 Å². The summed E-state index contributed by atoms with van der Waals surface area (Å²) in [5.74, 6) is 2.30. The molecule has 0 aliphatic carbocycles. The molecule has 0 unspecified atom stereocenters. The topological polar surface area (TPSA) is 55.8 Å². The fraction of sp³-hybridized carbons (Fsp3) is 0. The summed E-state index contributed by atoms with van der Waals surface area (Å²) in [5.41, 5.74) is 5.88. The number of benzene rings is 7. The molecule has 7 aromatic carbocycles. The molecule has 268 valence electrons. The lowest BCUT2D eigenvalue weighted by Crippen LogP contribution is -2.77. The predicted octanol–water partition coefficient (Wildman–Crippen LogP) is 9.89. The van der Waals surface area contributed by atoms with Gasteiger partial charge in [0.25, 0.3) is 0 Å². The monoisotopic (exact) mass is 748 g/mol. The Bertz CT molecular complexity index is 3300. The average molecular weight is 749 g/mol. The lowest BCUT2D eigenvalue weighted by Gasteiger charge is -2.44. The number of hydrogen-bond donors (Lipinski definition) is 0. The van der Waals surface area contributed by atoms with E-state index in [2.05, 4.69) is 173 Å². The number of imidazole rings is 1. The van der Waals surface area contributed by atoms with Gasteiger partial charge in [-0.3, -0.25) is 9.30 Å². The second-order valence-corrected chi connectivity index (χ2v) is 18.3. The number of ether oxygens (including phenoxy) is 1. The van der Waals surface area contributed by atoms with Crippen molar-refractivity contribution in [3.05, 3.63) is 195 Å². The summed E-state index contributed by atoms with van der Waals surface area (Å²) < 4.78 is 15.7. The van der Waals surface area contributed by atoms with E-state index in [4.69, 9.17) is 19.1 Å². The molecule has 0 radical (unpaired) electrons. The molecule has 11 aromatic rings. The van der Waals surface area contributed by atoms with Gasteiger partial charge < -0.3 is 9.15 Å². The third-order valence-electron chi connectivity index (χ3n) is 11.6. The van der Waals surface area contributed by atoms with Crippen molar-refractivity contribution in [3.8, 4) is 11.5 Å². The van der Waals surface area contributed by atoms with E-state index in [0.717, 1.165) is 72.6 Å². The minimum atomic E-state index is -3.01. The second-order valence-electron chi connectivity index (χ2n) is 14.6. The van der Waals surface area contributed by atoms with Crippen molar-refractivity contribution in [1.29, 1.82) is 0 Å². The summed E-state index contributed by atoms with van der Waals surface area (Å²) in [4.78, 5) is 12.1. The van der Waals surface area contributed by atoms with E-state index in [0.29, 0.717) is 0 Å². The maximum absolute atomic E-state index is 6.87. The Kier molecular flexibility index (Phi) is 6.85. The zero-order valence-electron chi connectivity index (χ0n) is 30.6. The van der Waals surface area contributed by atoms with Gasteiger partial charge in [-0.1, -0.05) is 109 Å². The van der Waals surface area contributed by atoms with Crippen LogP contribution in [0.15, 0.2) is 199 Å². The SMILES string of the molecule is c1ccc([Si]2(c3ccccc3)c3ccc(Oc4ccc5c6ccccc6n6ccnc6c5c4)cc3N(c3ccccn3)c3cc4c(cc32)oc2ccccc24)cc1. The Morgan fingerprint density at radius 3 is 1.98 bits per heavy atom. The molecule has 0 atom stereocenters. The molecule has 0 N–H and O–H groups in total. The van der Waals surface area contributed by atoms with Crippen molar-refractivity contribution < 1.29 is 9.15 Å². The third-order valence-corrected chi connectivity index (χ3v) is 16.4. The van der Waals surface area contributed by atoms with Gasteiger partial charge in [-0.2, -0.15) is 0 Å². The molecule has 1 aliphatic heterocycles. The van der Waals surface area contributed by atoms with Gasteiger partial charge in [0.2, 0.25) is 0 Å². The van der Waals surface area contributed by atoms with Crippen molar-refractivity contribution in [2.45, 2.75) is 0 Å². The third kappa shape index (κ3) is 4.63. The first kappa shape index (κ1) is 31.8. The highest BCUT2D eigenvalue weighted by molar-refractivity contribution is 7.21. The van der Waals surface area contributed by atoms with Crippen LogP contribution in [0, 0.1) is 0 Å². The fourth-order valence-corrected chi connectivity index (χ4v) is 14.3. The zero-order chi connectivity index (χ0) is 37.5. The number of hydrogen-bond acceptors (Lipinski definition) is 5. The fourth-order valence-electron chi connectivity index (χ4n) is 9.25. The van der Waals surface area contributed by atoms with Gasteiger partial charge in [0.15, 0.2) is 8.07 Å². The number of aromatic nitrogens is 3. The van der Waals surface area contributed by atoms with Gasteiger partial charge in [0.1, 0.15) is 34.1 Å². The summed E-state index contributed by atoms with van der Waals surface area (Å²) in [5, 5.41) is 10.6. The number of nitrogens with zero attached hydrogens (tertiary/aromatic N) is 4. The molecule has 0 bridgehead atoms. The zero-order valence-corrected chi connectivity index (χ0v) is 31.6. The smallest absolute Gasteiger partial charge is 0.184 e. The van der Waals surface area contributed by atoms with Crippen LogP contribution >= 0.6 is 0 Å². The van der Waals surface area contributed by atoms with Crippen molar-refractivity contribution in [3.63, 3.8) is 0 Å². The average Bonchev–Trinajstić information content (AvgIpc) is 3.92. The minimum Gasteiger partial charge on any atom is -0.457 e. The van der Waals surface area contributed by atoms with E-state index >= 15 is 0 Å².